The van der Waals surface area contributed by atoms with Gasteiger partial charge in [0.1, 0.15) is 0 Å². The van der Waals surface area contributed by atoms with E-state index in [4.69, 9.17) is 14.2 Å². The molecule has 0 saturated heterocycles. The highest BCUT2D eigenvalue weighted by Crippen LogP contribution is 2.44. The number of methoxy groups -OCH3 is 3. The highest BCUT2D eigenvalue weighted by molar-refractivity contribution is 7.99. The normalized spacial score (nSPS) is 11.3. The van der Waals surface area contributed by atoms with Gasteiger partial charge in [0.25, 0.3) is 5.91 Å². The van der Waals surface area contributed by atoms with Gasteiger partial charge >= 0.3 is 0 Å². The quantitative estimate of drug-likeness (QED) is 0.349. The summed E-state index contributed by atoms with van der Waals surface area (Å²) in [6.45, 7) is 4.05. The summed E-state index contributed by atoms with van der Waals surface area (Å²) in [4.78, 5) is 15.0. The molecule has 1 aliphatic rings. The van der Waals surface area contributed by atoms with E-state index in [2.05, 4.69) is 28.8 Å². The van der Waals surface area contributed by atoms with Crippen LogP contribution in [0.2, 0.25) is 0 Å². The minimum Gasteiger partial charge on any atom is -0.493 e. The molecule has 0 atom stereocenters. The third-order valence-corrected chi connectivity index (χ3v) is 6.11. The Hall–Kier alpha value is -3.78. The van der Waals surface area contributed by atoms with Crippen molar-refractivity contribution in [3.05, 3.63) is 72.3 Å². The number of benzene rings is 3. The maximum absolute atomic E-state index is 12.7. The zero-order valence-electron chi connectivity index (χ0n) is 17.9. The molecule has 1 aliphatic heterocycles. The monoisotopic (exact) mass is 449 g/mol. The van der Waals surface area contributed by atoms with E-state index >= 15 is 0 Å². The second kappa shape index (κ2) is 9.15. The molecule has 0 fully saturated rings. The van der Waals surface area contributed by atoms with Crippen molar-refractivity contribution in [2.75, 3.05) is 26.6 Å². The zero-order chi connectivity index (χ0) is 22.7. The number of fused-ring (bicyclic) bond motifs is 2. The molecular formula is C24H23N3O4S. The Morgan fingerprint density at radius 1 is 0.844 bits per heavy atom. The van der Waals surface area contributed by atoms with Crippen molar-refractivity contribution >= 4 is 34.7 Å². The van der Waals surface area contributed by atoms with Crippen molar-refractivity contribution < 1.29 is 19.0 Å². The van der Waals surface area contributed by atoms with Crippen LogP contribution in [0.5, 0.6) is 17.2 Å². The maximum atomic E-state index is 12.7. The number of para-hydroxylation sites is 1. The first-order valence-corrected chi connectivity index (χ1v) is 10.6. The van der Waals surface area contributed by atoms with Gasteiger partial charge in [-0.2, -0.15) is 0 Å². The first kappa shape index (κ1) is 21.5. The van der Waals surface area contributed by atoms with Crippen LogP contribution in [0.1, 0.15) is 15.9 Å². The molecule has 0 radical (unpaired) electrons. The van der Waals surface area contributed by atoms with Gasteiger partial charge < -0.3 is 19.5 Å². The molecular weight excluding hydrogens is 426 g/mol. The van der Waals surface area contributed by atoms with E-state index in [-0.39, 0.29) is 5.91 Å². The summed E-state index contributed by atoms with van der Waals surface area (Å²) in [6.07, 6.45) is 0. The van der Waals surface area contributed by atoms with Crippen molar-refractivity contribution in [3.63, 3.8) is 0 Å². The highest BCUT2D eigenvalue weighted by atomic mass is 32.2. The van der Waals surface area contributed by atoms with Gasteiger partial charge in [0, 0.05) is 20.9 Å². The summed E-state index contributed by atoms with van der Waals surface area (Å²) in [5.41, 5.74) is 9.36. The Kier molecular flexibility index (Phi) is 6.13. The number of hydrogen-bond donors (Lipinski definition) is 3. The Morgan fingerprint density at radius 2 is 1.53 bits per heavy atom. The van der Waals surface area contributed by atoms with E-state index < -0.39 is 0 Å². The number of anilines is 2. The Bertz CT molecular complexity index is 1170. The molecule has 1 amide bonds. The van der Waals surface area contributed by atoms with Crippen molar-refractivity contribution in [2.45, 2.75) is 9.79 Å². The molecule has 8 heteroatoms. The van der Waals surface area contributed by atoms with Crippen molar-refractivity contribution in [2.24, 2.45) is 0 Å². The van der Waals surface area contributed by atoms with Crippen LogP contribution >= 0.6 is 11.8 Å². The minimum absolute atomic E-state index is 0.347. The number of amides is 1. The third kappa shape index (κ3) is 4.17. The van der Waals surface area contributed by atoms with Crippen LogP contribution in [0, 0.1) is 0 Å². The molecule has 0 aliphatic carbocycles. The van der Waals surface area contributed by atoms with Crippen LogP contribution in [0.15, 0.2) is 71.0 Å². The molecule has 0 spiro atoms. The van der Waals surface area contributed by atoms with Crippen LogP contribution < -0.4 is 30.4 Å². The summed E-state index contributed by atoms with van der Waals surface area (Å²) in [7, 11) is 4.51. The lowest BCUT2D eigenvalue weighted by atomic mass is 10.1. The molecule has 0 aromatic heterocycles. The molecule has 3 aromatic carbocycles. The Morgan fingerprint density at radius 3 is 2.22 bits per heavy atom. The van der Waals surface area contributed by atoms with Crippen LogP contribution in [0.3, 0.4) is 0 Å². The first-order valence-electron chi connectivity index (χ1n) is 9.77. The lowest BCUT2D eigenvalue weighted by molar-refractivity contribution is 0.0941. The summed E-state index contributed by atoms with van der Waals surface area (Å²) in [5, 5.41) is 3.45. The third-order valence-electron chi connectivity index (χ3n) is 4.96. The predicted molar refractivity (Wildman–Crippen MR) is 126 cm³/mol. The van der Waals surface area contributed by atoms with Gasteiger partial charge in [-0.1, -0.05) is 36.5 Å². The Labute approximate surface area is 190 Å². The molecule has 7 nitrogen and oxygen atoms in total. The van der Waals surface area contributed by atoms with E-state index in [0.717, 1.165) is 21.8 Å². The van der Waals surface area contributed by atoms with Crippen molar-refractivity contribution in [1.82, 2.24) is 10.9 Å². The van der Waals surface area contributed by atoms with E-state index in [9.17, 15) is 4.79 Å². The number of hydrazine groups is 1. The fourth-order valence-corrected chi connectivity index (χ4v) is 4.28. The van der Waals surface area contributed by atoms with Gasteiger partial charge in [0.15, 0.2) is 11.5 Å². The van der Waals surface area contributed by atoms with Gasteiger partial charge in [-0.25, -0.2) is 0 Å². The second-order valence-electron chi connectivity index (χ2n) is 6.91. The molecule has 164 valence electrons. The smallest absolute Gasteiger partial charge is 0.269 e. The summed E-state index contributed by atoms with van der Waals surface area (Å²) < 4.78 is 15.9. The van der Waals surface area contributed by atoms with E-state index in [1.54, 1.807) is 23.9 Å². The van der Waals surface area contributed by atoms with Crippen LogP contribution in [-0.2, 0) is 0 Å². The standard InChI is InChI=1S/C24H23N3O4S/c1-14(15-9-10-22-18(11-15)25-17-7-5-6-8-21(17)32-22)26-27-24(28)16-12-19(29-2)23(31-4)20(13-16)30-3/h5-13,25-26H,1H2,2-4H3,(H,27,28). The largest absolute Gasteiger partial charge is 0.493 e. The molecule has 1 heterocycles. The number of carbonyl (C=O) groups is 1. The van der Waals surface area contributed by atoms with Crippen molar-refractivity contribution in [3.8, 4) is 17.2 Å². The second-order valence-corrected chi connectivity index (χ2v) is 7.99. The Balaban J connectivity index is 1.46. The average molecular weight is 450 g/mol. The highest BCUT2D eigenvalue weighted by Gasteiger charge is 2.18. The minimum atomic E-state index is -0.369. The first-order chi connectivity index (χ1) is 15.5. The number of rotatable bonds is 7. The molecule has 32 heavy (non-hydrogen) atoms. The lowest BCUT2D eigenvalue weighted by Gasteiger charge is -2.22. The van der Waals surface area contributed by atoms with Gasteiger partial charge in [-0.3, -0.25) is 15.6 Å². The summed E-state index contributed by atoms with van der Waals surface area (Å²) >= 11 is 1.71. The van der Waals surface area contributed by atoms with E-state index in [1.807, 2.05) is 36.4 Å². The van der Waals surface area contributed by atoms with Gasteiger partial charge in [-0.15, -0.1) is 0 Å². The van der Waals surface area contributed by atoms with Crippen molar-refractivity contribution in [1.29, 1.82) is 0 Å². The molecule has 0 saturated carbocycles. The fraction of sp³-hybridized carbons (Fsp3) is 0.125. The van der Waals surface area contributed by atoms with Crippen LogP contribution in [0.4, 0.5) is 11.4 Å². The molecule has 3 N–H and O–H groups in total. The molecule has 3 aromatic rings. The van der Waals surface area contributed by atoms with Gasteiger partial charge in [0.2, 0.25) is 5.75 Å². The number of carbonyl (C=O) groups excluding carboxylic acids is 1. The lowest BCUT2D eigenvalue weighted by Crippen LogP contribution is -2.35. The fourth-order valence-electron chi connectivity index (χ4n) is 3.32. The summed E-state index contributed by atoms with van der Waals surface area (Å²) in [6, 6.07) is 17.3. The predicted octanol–water partition coefficient (Wildman–Crippen LogP) is 4.83. The van der Waals surface area contributed by atoms with Gasteiger partial charge in [-0.05, 0) is 36.4 Å². The van der Waals surface area contributed by atoms with E-state index in [1.165, 1.54) is 26.2 Å². The topological polar surface area (TPSA) is 80.9 Å². The summed E-state index contributed by atoms with van der Waals surface area (Å²) in [5.74, 6) is 0.847. The molecule has 0 unspecified atom stereocenters. The average Bonchev–Trinajstić information content (AvgIpc) is 2.84. The van der Waals surface area contributed by atoms with Crippen LogP contribution in [0.25, 0.3) is 5.70 Å². The maximum Gasteiger partial charge on any atom is 0.269 e. The zero-order valence-corrected chi connectivity index (χ0v) is 18.8. The number of nitrogens with one attached hydrogen (secondary N) is 3. The molecule has 0 bridgehead atoms. The van der Waals surface area contributed by atoms with Crippen LogP contribution in [-0.4, -0.2) is 27.2 Å². The van der Waals surface area contributed by atoms with E-state index in [0.29, 0.717) is 28.5 Å². The SMILES string of the molecule is C=C(NNC(=O)c1cc(OC)c(OC)c(OC)c1)c1ccc2c(c1)Nc1ccccc1S2. The van der Waals surface area contributed by atoms with Gasteiger partial charge in [0.05, 0.1) is 38.4 Å². The number of ether oxygens (including phenoxy) is 3. The molecule has 4 rings (SSSR count). The number of hydrogen-bond acceptors (Lipinski definition) is 7.